The predicted molar refractivity (Wildman–Crippen MR) is 83.1 cm³/mol. The van der Waals surface area contributed by atoms with Crippen LogP contribution in [0.5, 0.6) is 0 Å². The van der Waals surface area contributed by atoms with Crippen molar-refractivity contribution in [1.29, 1.82) is 0 Å². The molecule has 0 fully saturated rings. The zero-order chi connectivity index (χ0) is 14.6. The number of nitrogens with one attached hydrogen (secondary N) is 1. The number of rotatable bonds is 6. The molecule has 108 valence electrons. The van der Waals surface area contributed by atoms with Gasteiger partial charge >= 0.3 is 0 Å². The second-order valence-electron chi connectivity index (χ2n) is 5.68. The lowest BCUT2D eigenvalue weighted by Gasteiger charge is -2.33. The van der Waals surface area contributed by atoms with Crippen LogP contribution in [0, 0.1) is 11.3 Å². The second kappa shape index (κ2) is 6.77. The van der Waals surface area contributed by atoms with E-state index in [1.165, 1.54) is 11.3 Å². The summed E-state index contributed by atoms with van der Waals surface area (Å²) in [7, 11) is 0. The number of hydrogen-bond acceptors (Lipinski definition) is 4. The van der Waals surface area contributed by atoms with Gasteiger partial charge < -0.3 is 10.4 Å². The Morgan fingerprint density at radius 3 is 2.68 bits per heavy atom. The molecule has 0 aliphatic heterocycles. The van der Waals surface area contributed by atoms with Crippen molar-refractivity contribution in [2.24, 2.45) is 11.3 Å². The molecule has 0 saturated heterocycles. The Morgan fingerprint density at radius 2 is 2.16 bits per heavy atom. The summed E-state index contributed by atoms with van der Waals surface area (Å²) in [6.45, 7) is 8.39. The quantitative estimate of drug-likeness (QED) is 0.793. The van der Waals surface area contributed by atoms with E-state index in [9.17, 15) is 9.90 Å². The highest BCUT2D eigenvalue weighted by atomic mass is 32.2. The average Bonchev–Trinajstić information content (AvgIpc) is 2.83. The first kappa shape index (κ1) is 16.5. The van der Waals surface area contributed by atoms with E-state index in [1.807, 2.05) is 45.4 Å². The molecule has 0 aliphatic rings. The maximum Gasteiger partial charge on any atom is 0.262 e. The molecule has 1 aromatic rings. The summed E-state index contributed by atoms with van der Waals surface area (Å²) in [5.41, 5.74) is -0.333. The van der Waals surface area contributed by atoms with Crippen LogP contribution in [0.2, 0.25) is 0 Å². The van der Waals surface area contributed by atoms with Crippen LogP contribution in [0.1, 0.15) is 37.4 Å². The number of amides is 1. The Morgan fingerprint density at radius 1 is 1.53 bits per heavy atom. The summed E-state index contributed by atoms with van der Waals surface area (Å²) < 4.78 is 0. The molecule has 1 unspecified atom stereocenters. The second-order valence-corrected chi connectivity index (χ2v) is 7.44. The molecule has 5 heteroatoms. The van der Waals surface area contributed by atoms with E-state index in [2.05, 4.69) is 5.32 Å². The van der Waals surface area contributed by atoms with Gasteiger partial charge in [-0.1, -0.05) is 27.7 Å². The van der Waals surface area contributed by atoms with Gasteiger partial charge in [0.2, 0.25) is 0 Å². The molecule has 1 amide bonds. The van der Waals surface area contributed by atoms with Gasteiger partial charge in [0.15, 0.2) is 0 Å². The first-order chi connectivity index (χ1) is 8.79. The number of hydrogen-bond donors (Lipinski definition) is 2. The first-order valence-electron chi connectivity index (χ1n) is 6.37. The van der Waals surface area contributed by atoms with Crippen molar-refractivity contribution in [1.82, 2.24) is 5.32 Å². The lowest BCUT2D eigenvalue weighted by molar-refractivity contribution is 0.0138. The number of thioether (sulfide) groups is 1. The Labute approximate surface area is 123 Å². The smallest absolute Gasteiger partial charge is 0.262 e. The lowest BCUT2D eigenvalue weighted by atomic mass is 9.81. The van der Waals surface area contributed by atoms with Crippen LogP contribution in [-0.2, 0) is 0 Å². The van der Waals surface area contributed by atoms with Crippen LogP contribution in [0.15, 0.2) is 16.3 Å². The number of carbonyl (C=O) groups excluding carboxylic acids is 1. The number of aliphatic hydroxyl groups excluding tert-OH is 1. The van der Waals surface area contributed by atoms with Crippen molar-refractivity contribution < 1.29 is 9.90 Å². The van der Waals surface area contributed by atoms with Crippen LogP contribution in [0.3, 0.4) is 0 Å². The largest absolute Gasteiger partial charge is 0.392 e. The minimum Gasteiger partial charge on any atom is -0.392 e. The van der Waals surface area contributed by atoms with E-state index in [-0.39, 0.29) is 17.2 Å². The molecule has 0 aliphatic carbocycles. The van der Waals surface area contributed by atoms with Gasteiger partial charge in [-0.25, -0.2) is 0 Å². The maximum atomic E-state index is 12.1. The summed E-state index contributed by atoms with van der Waals surface area (Å²) in [5, 5.41) is 15.0. The van der Waals surface area contributed by atoms with Crippen LogP contribution in [-0.4, -0.2) is 29.9 Å². The van der Waals surface area contributed by atoms with E-state index in [4.69, 9.17) is 0 Å². The molecule has 0 spiro atoms. The Kier molecular flexibility index (Phi) is 5.89. The fraction of sp³-hybridized carbons (Fsp3) is 0.643. The molecule has 1 aromatic heterocycles. The third-order valence-corrected chi connectivity index (χ3v) is 5.01. The normalized spacial score (nSPS) is 13.6. The molecular weight excluding hydrogens is 278 g/mol. The van der Waals surface area contributed by atoms with Gasteiger partial charge in [-0.2, -0.15) is 0 Å². The molecule has 0 bridgehead atoms. The monoisotopic (exact) mass is 301 g/mol. The van der Waals surface area contributed by atoms with Crippen LogP contribution in [0.25, 0.3) is 0 Å². The number of aliphatic hydroxyl groups is 1. The third kappa shape index (κ3) is 4.23. The fourth-order valence-electron chi connectivity index (χ4n) is 2.02. The third-order valence-electron chi connectivity index (χ3n) is 3.19. The molecule has 1 heterocycles. The van der Waals surface area contributed by atoms with Gasteiger partial charge in [-0.15, -0.1) is 23.1 Å². The molecular formula is C14H23NO2S2. The zero-order valence-corrected chi connectivity index (χ0v) is 13.8. The van der Waals surface area contributed by atoms with Crippen molar-refractivity contribution in [2.45, 2.75) is 38.7 Å². The first-order valence-corrected chi connectivity index (χ1v) is 8.47. The van der Waals surface area contributed by atoms with Crippen molar-refractivity contribution in [2.75, 3.05) is 12.8 Å². The van der Waals surface area contributed by atoms with Gasteiger partial charge in [0, 0.05) is 16.9 Å². The summed E-state index contributed by atoms with van der Waals surface area (Å²) in [4.78, 5) is 13.9. The van der Waals surface area contributed by atoms with E-state index in [0.29, 0.717) is 6.54 Å². The Bertz CT molecular complexity index is 427. The number of thiophene rings is 1. The van der Waals surface area contributed by atoms with Gasteiger partial charge in [0.05, 0.1) is 6.10 Å². The van der Waals surface area contributed by atoms with E-state index in [1.54, 1.807) is 11.8 Å². The molecule has 3 nitrogen and oxygen atoms in total. The fourth-order valence-corrected chi connectivity index (χ4v) is 3.69. The predicted octanol–water partition coefficient (Wildman–Crippen LogP) is 3.24. The topological polar surface area (TPSA) is 49.3 Å². The van der Waals surface area contributed by atoms with Gasteiger partial charge in [-0.3, -0.25) is 4.79 Å². The summed E-state index contributed by atoms with van der Waals surface area (Å²) >= 11 is 3.03. The number of carbonyl (C=O) groups is 1. The zero-order valence-electron chi connectivity index (χ0n) is 12.2. The van der Waals surface area contributed by atoms with Crippen LogP contribution in [0.4, 0.5) is 0 Å². The highest BCUT2D eigenvalue weighted by Crippen LogP contribution is 2.27. The van der Waals surface area contributed by atoms with Crippen molar-refractivity contribution in [3.63, 3.8) is 0 Å². The molecule has 1 atom stereocenters. The van der Waals surface area contributed by atoms with Gasteiger partial charge in [0.1, 0.15) is 4.88 Å². The molecule has 19 heavy (non-hydrogen) atoms. The summed E-state index contributed by atoms with van der Waals surface area (Å²) in [6.07, 6.45) is 1.53. The molecule has 1 rings (SSSR count). The van der Waals surface area contributed by atoms with Crippen molar-refractivity contribution in [3.8, 4) is 0 Å². The van der Waals surface area contributed by atoms with Crippen LogP contribution < -0.4 is 5.32 Å². The molecule has 0 radical (unpaired) electrons. The Hall–Kier alpha value is -0.520. The van der Waals surface area contributed by atoms with E-state index < -0.39 is 6.10 Å². The molecule has 0 aromatic carbocycles. The SMILES string of the molecule is CSc1ccsc1C(=O)NCC(C)(C)C(O)C(C)C. The molecule has 0 saturated carbocycles. The lowest BCUT2D eigenvalue weighted by Crippen LogP contribution is -2.43. The summed E-state index contributed by atoms with van der Waals surface area (Å²) in [6, 6.07) is 1.96. The van der Waals surface area contributed by atoms with Crippen molar-refractivity contribution in [3.05, 3.63) is 16.3 Å². The standard InChI is InChI=1S/C14H23NO2S2/c1-9(2)12(16)14(3,4)8-15-13(17)11-10(18-5)6-7-19-11/h6-7,9,12,16H,8H2,1-5H3,(H,15,17). The van der Waals surface area contributed by atoms with Crippen molar-refractivity contribution >= 4 is 29.0 Å². The van der Waals surface area contributed by atoms with Gasteiger partial charge in [0.25, 0.3) is 5.91 Å². The highest BCUT2D eigenvalue weighted by Gasteiger charge is 2.30. The van der Waals surface area contributed by atoms with Gasteiger partial charge in [-0.05, 0) is 23.6 Å². The minimum atomic E-state index is -0.434. The minimum absolute atomic E-state index is 0.0524. The highest BCUT2D eigenvalue weighted by molar-refractivity contribution is 7.98. The average molecular weight is 301 g/mol. The molecule has 2 N–H and O–H groups in total. The van der Waals surface area contributed by atoms with E-state index >= 15 is 0 Å². The maximum absolute atomic E-state index is 12.1. The summed E-state index contributed by atoms with van der Waals surface area (Å²) in [5.74, 6) is 0.124. The van der Waals surface area contributed by atoms with Crippen LogP contribution >= 0.6 is 23.1 Å². The van der Waals surface area contributed by atoms with E-state index in [0.717, 1.165) is 9.77 Å². The Balaban J connectivity index is 2.64.